The highest BCUT2D eigenvalue weighted by atomic mass is 79.9. The predicted molar refractivity (Wildman–Crippen MR) is 73.1 cm³/mol. The third kappa shape index (κ3) is 1.87. The summed E-state index contributed by atoms with van der Waals surface area (Å²) in [6, 6.07) is 8.82. The van der Waals surface area contributed by atoms with Crippen LogP contribution in [0.3, 0.4) is 0 Å². The van der Waals surface area contributed by atoms with Gasteiger partial charge in [0.05, 0.1) is 5.56 Å². The van der Waals surface area contributed by atoms with Gasteiger partial charge in [-0.1, -0.05) is 22.0 Å². The Morgan fingerprint density at radius 1 is 1.28 bits per heavy atom. The maximum absolute atomic E-state index is 12.2. The molecule has 2 aromatic heterocycles. The Balaban J connectivity index is 2.12. The Morgan fingerprint density at radius 3 is 2.83 bits per heavy atom. The molecule has 1 N–H and O–H groups in total. The number of carbonyl (C=O) groups is 1. The summed E-state index contributed by atoms with van der Waals surface area (Å²) in [5.74, 6) is 0.0549. The second kappa shape index (κ2) is 4.30. The van der Waals surface area contributed by atoms with Crippen molar-refractivity contribution < 1.29 is 9.21 Å². The van der Waals surface area contributed by atoms with E-state index in [1.54, 1.807) is 18.3 Å². The zero-order valence-electron chi connectivity index (χ0n) is 9.04. The van der Waals surface area contributed by atoms with Crippen molar-refractivity contribution in [2.24, 2.45) is 0 Å². The molecule has 18 heavy (non-hydrogen) atoms. The number of carbonyl (C=O) groups excluding carboxylic acids is 1. The van der Waals surface area contributed by atoms with Crippen LogP contribution in [-0.2, 0) is 0 Å². The van der Waals surface area contributed by atoms with Crippen LogP contribution in [0.2, 0.25) is 5.22 Å². The maximum Gasteiger partial charge on any atom is 0.230 e. The van der Waals surface area contributed by atoms with Gasteiger partial charge in [0.15, 0.2) is 11.0 Å². The van der Waals surface area contributed by atoms with Crippen molar-refractivity contribution in [1.82, 2.24) is 4.98 Å². The quantitative estimate of drug-likeness (QED) is 0.710. The first-order chi connectivity index (χ1) is 8.65. The van der Waals surface area contributed by atoms with Crippen molar-refractivity contribution in [3.63, 3.8) is 0 Å². The van der Waals surface area contributed by atoms with E-state index in [0.717, 1.165) is 15.4 Å². The van der Waals surface area contributed by atoms with Crippen LogP contribution >= 0.6 is 27.5 Å². The molecule has 1 aromatic carbocycles. The standard InChI is InChI=1S/C13H7BrClNO2/c14-7-1-2-8-9(6-16-10(8)5-7)13(17)11-3-4-12(15)18-11/h1-6,16H. The lowest BCUT2D eigenvalue weighted by Gasteiger charge is -1.96. The Hall–Kier alpha value is -1.52. The molecule has 0 bridgehead atoms. The van der Waals surface area contributed by atoms with Crippen molar-refractivity contribution in [3.05, 3.63) is 57.5 Å². The summed E-state index contributed by atoms with van der Waals surface area (Å²) in [7, 11) is 0. The minimum Gasteiger partial charge on any atom is -0.441 e. The van der Waals surface area contributed by atoms with Gasteiger partial charge in [0.25, 0.3) is 0 Å². The molecule has 0 fully saturated rings. The zero-order valence-corrected chi connectivity index (χ0v) is 11.4. The van der Waals surface area contributed by atoms with Gasteiger partial charge in [0.2, 0.25) is 5.78 Å². The first-order valence-electron chi connectivity index (χ1n) is 5.22. The number of ketones is 1. The minimum absolute atomic E-state index is 0.185. The summed E-state index contributed by atoms with van der Waals surface area (Å²) >= 11 is 9.06. The first kappa shape index (κ1) is 11.6. The van der Waals surface area contributed by atoms with Crippen molar-refractivity contribution in [2.75, 3.05) is 0 Å². The van der Waals surface area contributed by atoms with Gasteiger partial charge in [-0.15, -0.1) is 0 Å². The lowest BCUT2D eigenvalue weighted by atomic mass is 10.1. The Morgan fingerprint density at radius 2 is 2.11 bits per heavy atom. The molecule has 90 valence electrons. The Kier molecular flexibility index (Phi) is 2.76. The third-order valence-corrected chi connectivity index (χ3v) is 3.38. The second-order valence-corrected chi connectivity index (χ2v) is 5.11. The number of benzene rings is 1. The fourth-order valence-corrected chi connectivity index (χ4v) is 2.36. The smallest absolute Gasteiger partial charge is 0.230 e. The van der Waals surface area contributed by atoms with E-state index in [-0.39, 0.29) is 16.8 Å². The number of hydrogen-bond donors (Lipinski definition) is 1. The lowest BCUT2D eigenvalue weighted by molar-refractivity contribution is 0.101. The number of H-pyrrole nitrogens is 1. The molecule has 0 saturated heterocycles. The fourth-order valence-electron chi connectivity index (χ4n) is 1.86. The zero-order chi connectivity index (χ0) is 12.7. The molecule has 3 nitrogen and oxygen atoms in total. The van der Waals surface area contributed by atoms with E-state index >= 15 is 0 Å². The van der Waals surface area contributed by atoms with E-state index in [9.17, 15) is 4.79 Å². The first-order valence-corrected chi connectivity index (χ1v) is 6.39. The largest absolute Gasteiger partial charge is 0.441 e. The second-order valence-electron chi connectivity index (χ2n) is 3.83. The summed E-state index contributed by atoms with van der Waals surface area (Å²) in [6.45, 7) is 0. The van der Waals surface area contributed by atoms with Crippen LogP contribution in [0.25, 0.3) is 10.9 Å². The van der Waals surface area contributed by atoms with Crippen LogP contribution < -0.4 is 0 Å². The highest BCUT2D eigenvalue weighted by Gasteiger charge is 2.17. The number of furan rings is 1. The molecule has 2 heterocycles. The van der Waals surface area contributed by atoms with Crippen molar-refractivity contribution >= 4 is 44.2 Å². The lowest BCUT2D eigenvalue weighted by Crippen LogP contribution is -1.97. The average Bonchev–Trinajstić information content (AvgIpc) is 2.94. The monoisotopic (exact) mass is 323 g/mol. The molecule has 0 aliphatic heterocycles. The number of hydrogen-bond acceptors (Lipinski definition) is 2. The molecule has 0 saturated carbocycles. The average molecular weight is 325 g/mol. The molecule has 0 amide bonds. The van der Waals surface area contributed by atoms with Crippen molar-refractivity contribution in [1.29, 1.82) is 0 Å². The van der Waals surface area contributed by atoms with Gasteiger partial charge in [0.1, 0.15) is 0 Å². The normalized spacial score (nSPS) is 11.0. The number of rotatable bonds is 2. The van der Waals surface area contributed by atoms with Gasteiger partial charge in [0, 0.05) is 21.6 Å². The molecule has 3 aromatic rings. The molecule has 0 radical (unpaired) electrons. The molecule has 0 aliphatic rings. The number of fused-ring (bicyclic) bond motifs is 1. The number of halogens is 2. The van der Waals surface area contributed by atoms with Gasteiger partial charge in [-0.3, -0.25) is 4.79 Å². The predicted octanol–water partition coefficient (Wildman–Crippen LogP) is 4.41. The minimum atomic E-state index is -0.185. The Bertz CT molecular complexity index is 744. The van der Waals surface area contributed by atoms with Crippen molar-refractivity contribution in [2.45, 2.75) is 0 Å². The Labute approximate surface area is 116 Å². The van der Waals surface area contributed by atoms with Crippen LogP contribution in [0.5, 0.6) is 0 Å². The molecule has 0 aliphatic carbocycles. The maximum atomic E-state index is 12.2. The third-order valence-electron chi connectivity index (χ3n) is 2.69. The molecular weight excluding hydrogens is 318 g/mol. The fraction of sp³-hybridized carbons (Fsp3) is 0. The SMILES string of the molecule is O=C(c1ccc(Cl)o1)c1c[nH]c2cc(Br)ccc12. The van der Waals surface area contributed by atoms with Crippen LogP contribution in [0, 0.1) is 0 Å². The number of nitrogens with one attached hydrogen (secondary N) is 1. The van der Waals surface area contributed by atoms with E-state index in [1.165, 1.54) is 0 Å². The van der Waals surface area contributed by atoms with Crippen molar-refractivity contribution in [3.8, 4) is 0 Å². The van der Waals surface area contributed by atoms with Crippen LogP contribution in [0.1, 0.15) is 16.1 Å². The summed E-state index contributed by atoms with van der Waals surface area (Å²) in [6.07, 6.45) is 1.68. The number of aromatic amines is 1. The van der Waals surface area contributed by atoms with Gasteiger partial charge in [-0.25, -0.2) is 0 Å². The van der Waals surface area contributed by atoms with Crippen LogP contribution in [0.4, 0.5) is 0 Å². The van der Waals surface area contributed by atoms with E-state index < -0.39 is 0 Å². The highest BCUT2D eigenvalue weighted by Crippen LogP contribution is 2.25. The highest BCUT2D eigenvalue weighted by molar-refractivity contribution is 9.10. The van der Waals surface area contributed by atoms with Crippen LogP contribution in [0.15, 0.2) is 45.4 Å². The van der Waals surface area contributed by atoms with E-state index in [2.05, 4.69) is 20.9 Å². The van der Waals surface area contributed by atoms with E-state index in [1.807, 2.05) is 18.2 Å². The summed E-state index contributed by atoms with van der Waals surface area (Å²) in [5, 5.41) is 1.07. The molecule has 5 heteroatoms. The van der Waals surface area contributed by atoms with Gasteiger partial charge in [-0.05, 0) is 35.9 Å². The van der Waals surface area contributed by atoms with Gasteiger partial charge < -0.3 is 9.40 Å². The van der Waals surface area contributed by atoms with Crippen LogP contribution in [-0.4, -0.2) is 10.8 Å². The molecule has 0 spiro atoms. The molecule has 0 atom stereocenters. The van der Waals surface area contributed by atoms with E-state index in [4.69, 9.17) is 16.0 Å². The molecule has 0 unspecified atom stereocenters. The van der Waals surface area contributed by atoms with E-state index in [0.29, 0.717) is 5.56 Å². The van der Waals surface area contributed by atoms with Gasteiger partial charge >= 0.3 is 0 Å². The molecule has 3 rings (SSSR count). The van der Waals surface area contributed by atoms with Gasteiger partial charge in [-0.2, -0.15) is 0 Å². The summed E-state index contributed by atoms with van der Waals surface area (Å²) in [4.78, 5) is 15.3. The number of aromatic nitrogens is 1. The topological polar surface area (TPSA) is 46.0 Å². The summed E-state index contributed by atoms with van der Waals surface area (Å²) in [5.41, 5.74) is 1.47. The summed E-state index contributed by atoms with van der Waals surface area (Å²) < 4.78 is 6.09. The molecular formula is C13H7BrClNO2.